The summed E-state index contributed by atoms with van der Waals surface area (Å²) in [6, 6.07) is 13.8. The van der Waals surface area contributed by atoms with Crippen molar-refractivity contribution in [1.82, 2.24) is 0 Å². The van der Waals surface area contributed by atoms with Crippen molar-refractivity contribution in [1.29, 1.82) is 0 Å². The predicted molar refractivity (Wildman–Crippen MR) is 106 cm³/mol. The van der Waals surface area contributed by atoms with E-state index in [0.29, 0.717) is 0 Å². The highest BCUT2D eigenvalue weighted by atomic mass is 79.9. The molecule has 0 amide bonds. The summed E-state index contributed by atoms with van der Waals surface area (Å²) in [5.41, 5.74) is 1.81. The van der Waals surface area contributed by atoms with E-state index in [-0.39, 0.29) is 11.5 Å². The Kier molecular flexibility index (Phi) is 6.94. The van der Waals surface area contributed by atoms with E-state index in [4.69, 9.17) is 4.74 Å². The van der Waals surface area contributed by atoms with Crippen LogP contribution in [-0.2, 0) is 19.4 Å². The van der Waals surface area contributed by atoms with Gasteiger partial charge in [-0.2, -0.15) is 0 Å². The minimum atomic E-state index is -3.97. The summed E-state index contributed by atoms with van der Waals surface area (Å²) in [4.78, 5) is 11.9. The Balaban J connectivity index is 2.40. The minimum Gasteiger partial charge on any atom is -0.462 e. The fourth-order valence-corrected chi connectivity index (χ4v) is 3.68. The van der Waals surface area contributed by atoms with Crippen LogP contribution >= 0.6 is 15.9 Å². The van der Waals surface area contributed by atoms with Gasteiger partial charge in [-0.05, 0) is 49.8 Å². The van der Waals surface area contributed by atoms with E-state index in [1.54, 1.807) is 25.1 Å². The Bertz CT molecular complexity index is 925. The lowest BCUT2D eigenvalue weighted by molar-refractivity contribution is -0.137. The maximum Gasteiger partial charge on any atom is 0.350 e. The fraction of sp³-hybridized carbons (Fsp3) is 0.150. The van der Waals surface area contributed by atoms with Crippen molar-refractivity contribution in [2.75, 3.05) is 6.61 Å². The van der Waals surface area contributed by atoms with Gasteiger partial charge in [-0.25, -0.2) is 13.2 Å². The standard InChI is InChI=1S/C20H19BrO4S/c1-3-25-20(22)19(6-4-5-16-9-11-17(21)12-10-16)26(23,24)18-13-7-15(2)8-14-18/h4-14H,3H2,1-2H3/b5-4+,19-6+. The quantitative estimate of drug-likeness (QED) is 0.375. The van der Waals surface area contributed by atoms with E-state index in [1.807, 2.05) is 31.2 Å². The molecule has 0 aliphatic heterocycles. The molecule has 0 radical (unpaired) electrons. The number of halogens is 1. The van der Waals surface area contributed by atoms with E-state index in [0.717, 1.165) is 15.6 Å². The van der Waals surface area contributed by atoms with Gasteiger partial charge in [-0.3, -0.25) is 0 Å². The summed E-state index contributed by atoms with van der Waals surface area (Å²) in [7, 11) is -3.97. The zero-order valence-corrected chi connectivity index (χ0v) is 16.9. The van der Waals surface area contributed by atoms with E-state index in [9.17, 15) is 13.2 Å². The molecule has 0 atom stereocenters. The lowest BCUT2D eigenvalue weighted by Gasteiger charge is -2.08. The molecule has 0 unspecified atom stereocenters. The zero-order valence-electron chi connectivity index (χ0n) is 14.5. The lowest BCUT2D eigenvalue weighted by atomic mass is 10.2. The van der Waals surface area contributed by atoms with E-state index >= 15 is 0 Å². The van der Waals surface area contributed by atoms with Crippen LogP contribution < -0.4 is 0 Å². The number of esters is 1. The van der Waals surface area contributed by atoms with E-state index < -0.39 is 20.7 Å². The third-order valence-corrected chi connectivity index (χ3v) is 5.81. The van der Waals surface area contributed by atoms with Gasteiger partial charge < -0.3 is 4.74 Å². The average Bonchev–Trinajstić information content (AvgIpc) is 2.60. The first-order chi connectivity index (χ1) is 12.3. The van der Waals surface area contributed by atoms with Gasteiger partial charge in [0.1, 0.15) is 0 Å². The van der Waals surface area contributed by atoms with Gasteiger partial charge in [-0.1, -0.05) is 57.9 Å². The third kappa shape index (κ3) is 5.16. The highest BCUT2D eigenvalue weighted by molar-refractivity contribution is 9.10. The molecule has 136 valence electrons. The van der Waals surface area contributed by atoms with Crippen LogP contribution in [-0.4, -0.2) is 21.0 Å². The Labute approximate surface area is 162 Å². The number of carbonyl (C=O) groups excluding carboxylic acids is 1. The lowest BCUT2D eigenvalue weighted by Crippen LogP contribution is -2.16. The summed E-state index contributed by atoms with van der Waals surface area (Å²) >= 11 is 3.35. The predicted octanol–water partition coefficient (Wildman–Crippen LogP) is 4.69. The Morgan fingerprint density at radius 1 is 1.08 bits per heavy atom. The number of aryl methyl sites for hydroxylation is 1. The van der Waals surface area contributed by atoms with Crippen LogP contribution in [0.4, 0.5) is 0 Å². The number of sulfone groups is 1. The molecular formula is C20H19BrO4S. The number of carbonyl (C=O) groups is 1. The van der Waals surface area contributed by atoms with Gasteiger partial charge in [0.2, 0.25) is 9.84 Å². The molecule has 0 saturated carbocycles. The Hall–Kier alpha value is -2.18. The number of allylic oxidation sites excluding steroid dienone is 2. The van der Waals surface area contributed by atoms with Crippen molar-refractivity contribution in [3.8, 4) is 0 Å². The molecule has 0 fully saturated rings. The van der Waals surface area contributed by atoms with Gasteiger partial charge in [0.15, 0.2) is 4.91 Å². The number of ether oxygens (including phenoxy) is 1. The van der Waals surface area contributed by atoms with Gasteiger partial charge in [0.05, 0.1) is 11.5 Å². The summed E-state index contributed by atoms with van der Waals surface area (Å²) in [5.74, 6) is -0.867. The zero-order chi connectivity index (χ0) is 19.2. The molecule has 0 aliphatic carbocycles. The molecule has 0 spiro atoms. The van der Waals surface area contributed by atoms with Crippen molar-refractivity contribution in [3.63, 3.8) is 0 Å². The second-order valence-corrected chi connectivity index (χ2v) is 8.31. The number of hydrogen-bond donors (Lipinski definition) is 0. The molecule has 0 saturated heterocycles. The largest absolute Gasteiger partial charge is 0.462 e. The Morgan fingerprint density at radius 3 is 2.27 bits per heavy atom. The maximum atomic E-state index is 12.8. The molecule has 0 heterocycles. The summed E-state index contributed by atoms with van der Waals surface area (Å²) in [5, 5.41) is 0. The summed E-state index contributed by atoms with van der Waals surface area (Å²) < 4.78 is 31.5. The highest BCUT2D eigenvalue weighted by Crippen LogP contribution is 2.21. The molecule has 0 aromatic heterocycles. The van der Waals surface area contributed by atoms with Crippen LogP contribution in [0.3, 0.4) is 0 Å². The van der Waals surface area contributed by atoms with Gasteiger partial charge >= 0.3 is 5.97 Å². The fourth-order valence-electron chi connectivity index (χ4n) is 2.13. The summed E-state index contributed by atoms with van der Waals surface area (Å²) in [6.07, 6.45) is 4.52. The van der Waals surface area contributed by atoms with Gasteiger partial charge in [0.25, 0.3) is 0 Å². The summed E-state index contributed by atoms with van der Waals surface area (Å²) in [6.45, 7) is 3.58. The van der Waals surface area contributed by atoms with Crippen molar-refractivity contribution >= 4 is 37.8 Å². The molecule has 0 N–H and O–H groups in total. The normalized spacial score (nSPS) is 12.3. The van der Waals surface area contributed by atoms with Crippen molar-refractivity contribution in [3.05, 3.63) is 81.2 Å². The van der Waals surface area contributed by atoms with E-state index in [2.05, 4.69) is 15.9 Å². The second-order valence-electron chi connectivity index (χ2n) is 5.48. The van der Waals surface area contributed by atoms with Crippen molar-refractivity contribution in [2.45, 2.75) is 18.7 Å². The molecule has 4 nitrogen and oxygen atoms in total. The van der Waals surface area contributed by atoms with Crippen LogP contribution in [0, 0.1) is 6.92 Å². The molecule has 0 aliphatic rings. The molecule has 0 bridgehead atoms. The smallest absolute Gasteiger partial charge is 0.350 e. The number of benzene rings is 2. The monoisotopic (exact) mass is 434 g/mol. The molecular weight excluding hydrogens is 416 g/mol. The minimum absolute atomic E-state index is 0.0550. The van der Waals surface area contributed by atoms with E-state index in [1.165, 1.54) is 24.3 Å². The number of rotatable bonds is 6. The molecule has 2 aromatic rings. The average molecular weight is 435 g/mol. The second kappa shape index (κ2) is 8.96. The van der Waals surface area contributed by atoms with Crippen LogP contribution in [0.15, 0.2) is 75.0 Å². The molecule has 2 rings (SSSR count). The first-order valence-electron chi connectivity index (χ1n) is 7.97. The van der Waals surface area contributed by atoms with Crippen LogP contribution in [0.2, 0.25) is 0 Å². The van der Waals surface area contributed by atoms with Gasteiger partial charge in [0, 0.05) is 4.47 Å². The van der Waals surface area contributed by atoms with Crippen LogP contribution in [0.25, 0.3) is 6.08 Å². The topological polar surface area (TPSA) is 60.4 Å². The third-order valence-electron chi connectivity index (χ3n) is 3.50. The first-order valence-corrected chi connectivity index (χ1v) is 10.2. The van der Waals surface area contributed by atoms with Crippen molar-refractivity contribution < 1.29 is 17.9 Å². The Morgan fingerprint density at radius 2 is 1.69 bits per heavy atom. The molecule has 2 aromatic carbocycles. The molecule has 6 heteroatoms. The molecule has 26 heavy (non-hydrogen) atoms. The maximum absolute atomic E-state index is 12.8. The van der Waals surface area contributed by atoms with Crippen molar-refractivity contribution in [2.24, 2.45) is 0 Å². The highest BCUT2D eigenvalue weighted by Gasteiger charge is 2.27. The number of hydrogen-bond acceptors (Lipinski definition) is 4. The van der Waals surface area contributed by atoms with Crippen LogP contribution in [0.1, 0.15) is 18.1 Å². The first kappa shape index (κ1) is 20.1. The SMILES string of the molecule is CCOC(=O)/C(=C\C=C\c1ccc(Br)cc1)S(=O)(=O)c1ccc(C)cc1. The van der Waals surface area contributed by atoms with Gasteiger partial charge in [-0.15, -0.1) is 0 Å². The van der Waals surface area contributed by atoms with Crippen LogP contribution in [0.5, 0.6) is 0 Å².